The van der Waals surface area contributed by atoms with E-state index in [2.05, 4.69) is 29.2 Å². The number of fused-ring (bicyclic) bond motifs is 2. The predicted molar refractivity (Wildman–Crippen MR) is 115 cm³/mol. The maximum atomic E-state index is 9.08. The van der Waals surface area contributed by atoms with Gasteiger partial charge in [-0.05, 0) is 24.6 Å². The third-order valence-corrected chi connectivity index (χ3v) is 5.88. The van der Waals surface area contributed by atoms with Gasteiger partial charge in [0.05, 0.1) is 22.6 Å². The van der Waals surface area contributed by atoms with E-state index in [4.69, 9.17) is 21.7 Å². The summed E-state index contributed by atoms with van der Waals surface area (Å²) in [6, 6.07) is 10.0. The van der Waals surface area contributed by atoms with Crippen molar-refractivity contribution < 1.29 is 5.11 Å². The normalized spacial score (nSPS) is 13.8. The number of hydrogen-bond acceptors (Lipinski definition) is 6. The second-order valence-corrected chi connectivity index (χ2v) is 7.85. The number of rotatable bonds is 5. The zero-order valence-electron chi connectivity index (χ0n) is 16.7. The van der Waals surface area contributed by atoms with Crippen molar-refractivity contribution >= 4 is 28.5 Å². The smallest absolute Gasteiger partial charge is 0.152 e. The lowest BCUT2D eigenvalue weighted by atomic mass is 10.2. The number of anilines is 1. The van der Waals surface area contributed by atoms with Crippen LogP contribution in [0.15, 0.2) is 36.5 Å². The fourth-order valence-corrected chi connectivity index (χ4v) is 4.18. The summed E-state index contributed by atoms with van der Waals surface area (Å²) in [6.07, 6.45) is 3.12. The monoisotopic (exact) mass is 423 g/mol. The van der Waals surface area contributed by atoms with Gasteiger partial charge in [0.15, 0.2) is 5.82 Å². The molecule has 30 heavy (non-hydrogen) atoms. The van der Waals surface area contributed by atoms with Crippen LogP contribution in [-0.2, 0) is 26.6 Å². The quantitative estimate of drug-likeness (QED) is 0.531. The van der Waals surface area contributed by atoms with E-state index >= 15 is 0 Å². The molecule has 0 atom stereocenters. The number of hydrogen-bond donors (Lipinski definition) is 1. The predicted octanol–water partition coefficient (Wildman–Crippen LogP) is 2.83. The molecule has 8 nitrogen and oxygen atoms in total. The van der Waals surface area contributed by atoms with Crippen molar-refractivity contribution in [3.8, 4) is 11.4 Å². The molecule has 0 amide bonds. The molecule has 9 heteroatoms. The molecule has 0 saturated carbocycles. The molecule has 1 aliphatic heterocycles. The number of aryl methyl sites for hydroxylation is 2. The number of halogens is 1. The maximum absolute atomic E-state index is 9.08. The summed E-state index contributed by atoms with van der Waals surface area (Å²) in [5.41, 5.74) is 2.85. The Labute approximate surface area is 178 Å². The molecule has 5 rings (SSSR count). The Bertz CT molecular complexity index is 1220. The molecule has 1 N–H and O–H groups in total. The van der Waals surface area contributed by atoms with Gasteiger partial charge in [-0.1, -0.05) is 23.7 Å². The van der Waals surface area contributed by atoms with Crippen LogP contribution in [-0.4, -0.2) is 47.6 Å². The van der Waals surface area contributed by atoms with Crippen molar-refractivity contribution in [3.63, 3.8) is 0 Å². The highest BCUT2D eigenvalue weighted by molar-refractivity contribution is 6.33. The van der Waals surface area contributed by atoms with Crippen molar-refractivity contribution in [1.29, 1.82) is 0 Å². The number of aliphatic hydroxyl groups is 1. The summed E-state index contributed by atoms with van der Waals surface area (Å²) in [5.74, 6) is 3.50. The van der Waals surface area contributed by atoms with Gasteiger partial charge in [0.2, 0.25) is 0 Å². The van der Waals surface area contributed by atoms with Crippen LogP contribution in [0.1, 0.15) is 18.1 Å². The summed E-state index contributed by atoms with van der Waals surface area (Å²) in [7, 11) is 2.00. The summed E-state index contributed by atoms with van der Waals surface area (Å²) in [6.45, 7) is 2.37. The van der Waals surface area contributed by atoms with E-state index in [1.807, 2.05) is 37.4 Å². The minimum atomic E-state index is 0.161. The van der Waals surface area contributed by atoms with E-state index in [0.717, 1.165) is 59.4 Å². The highest BCUT2D eigenvalue weighted by Gasteiger charge is 2.23. The lowest BCUT2D eigenvalue weighted by Gasteiger charge is -2.29. The number of pyridine rings is 1. The van der Waals surface area contributed by atoms with Crippen LogP contribution in [0.2, 0.25) is 5.02 Å². The van der Waals surface area contributed by atoms with Gasteiger partial charge in [-0.15, -0.1) is 10.2 Å². The molecule has 0 radical (unpaired) electrons. The van der Waals surface area contributed by atoms with Crippen LogP contribution in [0.5, 0.6) is 0 Å². The van der Waals surface area contributed by atoms with Gasteiger partial charge < -0.3 is 19.1 Å². The van der Waals surface area contributed by atoms with Crippen molar-refractivity contribution in [2.24, 2.45) is 7.05 Å². The zero-order chi connectivity index (χ0) is 20.7. The Balaban J connectivity index is 1.47. The topological polar surface area (TPSA) is 84.9 Å². The summed E-state index contributed by atoms with van der Waals surface area (Å²) in [5, 5.41) is 18.3. The van der Waals surface area contributed by atoms with Gasteiger partial charge in [-0.25, -0.2) is 9.97 Å². The third kappa shape index (κ3) is 3.22. The largest absolute Gasteiger partial charge is 0.396 e. The fraction of sp³-hybridized carbons (Fsp3) is 0.333. The molecule has 4 heterocycles. The van der Waals surface area contributed by atoms with Crippen LogP contribution in [0.25, 0.3) is 22.4 Å². The first-order chi connectivity index (χ1) is 14.7. The van der Waals surface area contributed by atoms with E-state index in [-0.39, 0.29) is 6.61 Å². The number of benzene rings is 1. The first-order valence-corrected chi connectivity index (χ1v) is 10.4. The molecule has 0 fully saturated rings. The molecule has 0 aliphatic carbocycles. The van der Waals surface area contributed by atoms with Crippen LogP contribution in [0.4, 0.5) is 5.82 Å². The number of imidazole rings is 1. The molecule has 0 unspecified atom stereocenters. The Morgan fingerprint density at radius 2 is 2.03 bits per heavy atom. The SMILES string of the molecule is Cn1c(-c2cc(N3CCn4c(CCCO)nnc4C3)ncc2Cl)nc2ccccc21. The third-order valence-electron chi connectivity index (χ3n) is 5.58. The molecule has 0 bridgehead atoms. The number of para-hydroxylation sites is 2. The molecule has 1 aliphatic rings. The summed E-state index contributed by atoms with van der Waals surface area (Å²) < 4.78 is 4.20. The van der Waals surface area contributed by atoms with E-state index in [1.54, 1.807) is 6.20 Å². The Hall–Kier alpha value is -2.97. The fourth-order valence-electron chi connectivity index (χ4n) is 3.99. The van der Waals surface area contributed by atoms with E-state index < -0.39 is 0 Å². The van der Waals surface area contributed by atoms with Gasteiger partial charge >= 0.3 is 0 Å². The minimum Gasteiger partial charge on any atom is -0.396 e. The second kappa shape index (κ2) is 7.70. The van der Waals surface area contributed by atoms with Gasteiger partial charge in [0.25, 0.3) is 0 Å². The summed E-state index contributed by atoms with van der Waals surface area (Å²) in [4.78, 5) is 11.5. The second-order valence-electron chi connectivity index (χ2n) is 7.44. The number of aromatic nitrogens is 6. The van der Waals surface area contributed by atoms with Gasteiger partial charge in [0.1, 0.15) is 17.5 Å². The Kier molecular flexibility index (Phi) is 4.88. The van der Waals surface area contributed by atoms with E-state index in [9.17, 15) is 0 Å². The lowest BCUT2D eigenvalue weighted by Crippen LogP contribution is -2.35. The van der Waals surface area contributed by atoms with Crippen LogP contribution < -0.4 is 4.90 Å². The van der Waals surface area contributed by atoms with Crippen LogP contribution in [0.3, 0.4) is 0 Å². The Morgan fingerprint density at radius 1 is 1.17 bits per heavy atom. The standard InChI is InChI=1S/C21H22ClN7O/c1-27-17-6-3-2-5-16(17)24-21(27)14-11-19(23-12-15(14)22)28-8-9-29-18(7-4-10-30)25-26-20(29)13-28/h2-3,5-6,11-12,30H,4,7-10,13H2,1H3. The van der Waals surface area contributed by atoms with Crippen molar-refractivity contribution in [2.45, 2.75) is 25.9 Å². The first kappa shape index (κ1) is 19.0. The lowest BCUT2D eigenvalue weighted by molar-refractivity contribution is 0.286. The average molecular weight is 424 g/mol. The molecule has 0 spiro atoms. The minimum absolute atomic E-state index is 0.161. The summed E-state index contributed by atoms with van der Waals surface area (Å²) >= 11 is 6.52. The van der Waals surface area contributed by atoms with Gasteiger partial charge in [-0.2, -0.15) is 0 Å². The molecule has 0 saturated heterocycles. The van der Waals surface area contributed by atoms with E-state index in [0.29, 0.717) is 18.0 Å². The first-order valence-electron chi connectivity index (χ1n) is 10.00. The maximum Gasteiger partial charge on any atom is 0.152 e. The number of aliphatic hydroxyl groups excluding tert-OH is 1. The highest BCUT2D eigenvalue weighted by Crippen LogP contribution is 2.32. The molecule has 1 aromatic carbocycles. The highest BCUT2D eigenvalue weighted by atomic mass is 35.5. The molecule has 3 aromatic heterocycles. The molecule has 154 valence electrons. The molecular weight excluding hydrogens is 402 g/mol. The molecule has 4 aromatic rings. The average Bonchev–Trinajstić information content (AvgIpc) is 3.33. The number of nitrogens with zero attached hydrogens (tertiary/aromatic N) is 7. The van der Waals surface area contributed by atoms with Crippen molar-refractivity contribution in [3.05, 3.63) is 53.2 Å². The Morgan fingerprint density at radius 3 is 2.87 bits per heavy atom. The van der Waals surface area contributed by atoms with Gasteiger partial charge in [0, 0.05) is 44.9 Å². The zero-order valence-corrected chi connectivity index (χ0v) is 17.4. The van der Waals surface area contributed by atoms with Crippen LogP contribution >= 0.6 is 11.6 Å². The molecular formula is C21H22ClN7O. The van der Waals surface area contributed by atoms with Crippen LogP contribution in [0, 0.1) is 0 Å². The van der Waals surface area contributed by atoms with E-state index in [1.165, 1.54) is 0 Å². The van der Waals surface area contributed by atoms with Crippen molar-refractivity contribution in [2.75, 3.05) is 18.1 Å². The van der Waals surface area contributed by atoms with Gasteiger partial charge in [-0.3, -0.25) is 0 Å². The van der Waals surface area contributed by atoms with Crippen molar-refractivity contribution in [1.82, 2.24) is 29.3 Å².